The number of hydrogen-bond acceptors (Lipinski definition) is 1. The van der Waals surface area contributed by atoms with Gasteiger partial charge in [-0.05, 0) is 28.4 Å². The van der Waals surface area contributed by atoms with Crippen molar-refractivity contribution in [2.45, 2.75) is 26.3 Å². The van der Waals surface area contributed by atoms with Gasteiger partial charge in [-0.25, -0.2) is 0 Å². The molecular formula is C11H13BrN2. The van der Waals surface area contributed by atoms with E-state index in [9.17, 15) is 0 Å². The molecule has 14 heavy (non-hydrogen) atoms. The first-order chi connectivity index (χ1) is 6.81. The molecule has 1 heterocycles. The summed E-state index contributed by atoms with van der Waals surface area (Å²) in [6.07, 6.45) is 4.50. The number of halogens is 1. The van der Waals surface area contributed by atoms with E-state index in [4.69, 9.17) is 0 Å². The zero-order chi connectivity index (χ0) is 9.97. The van der Waals surface area contributed by atoms with Gasteiger partial charge in [0.25, 0.3) is 0 Å². The van der Waals surface area contributed by atoms with Gasteiger partial charge in [-0.2, -0.15) is 5.10 Å². The molecule has 0 aliphatic carbocycles. The van der Waals surface area contributed by atoms with Crippen molar-refractivity contribution in [2.24, 2.45) is 0 Å². The van der Waals surface area contributed by atoms with Crippen LogP contribution >= 0.6 is 15.9 Å². The van der Waals surface area contributed by atoms with E-state index < -0.39 is 0 Å². The van der Waals surface area contributed by atoms with Gasteiger partial charge in [0.05, 0.1) is 0 Å². The predicted molar refractivity (Wildman–Crippen MR) is 62.3 cm³/mol. The lowest BCUT2D eigenvalue weighted by Gasteiger charge is -1.96. The van der Waals surface area contributed by atoms with Gasteiger partial charge >= 0.3 is 0 Å². The highest BCUT2D eigenvalue weighted by atomic mass is 79.9. The summed E-state index contributed by atoms with van der Waals surface area (Å²) in [6, 6.07) is 6.16. The summed E-state index contributed by atoms with van der Waals surface area (Å²) in [5.74, 6) is 0. The highest BCUT2D eigenvalue weighted by molar-refractivity contribution is 9.10. The molecule has 2 rings (SSSR count). The Balaban J connectivity index is 2.36. The van der Waals surface area contributed by atoms with Crippen LogP contribution in [0.3, 0.4) is 0 Å². The minimum absolute atomic E-state index is 1.01. The first-order valence-electron chi connectivity index (χ1n) is 4.93. The zero-order valence-corrected chi connectivity index (χ0v) is 9.79. The molecule has 1 aromatic carbocycles. The number of aromatic nitrogens is 2. The summed E-state index contributed by atoms with van der Waals surface area (Å²) in [6.45, 7) is 3.21. The van der Waals surface area contributed by atoms with Crippen LogP contribution in [-0.4, -0.2) is 9.78 Å². The molecule has 0 bridgehead atoms. The highest BCUT2D eigenvalue weighted by Gasteiger charge is 2.02. The molecule has 0 fully saturated rings. The van der Waals surface area contributed by atoms with Gasteiger partial charge < -0.3 is 0 Å². The molecule has 1 aromatic heterocycles. The quantitative estimate of drug-likeness (QED) is 0.817. The second-order valence-electron chi connectivity index (χ2n) is 3.42. The number of nitrogens with zero attached hydrogens (tertiary/aromatic N) is 2. The van der Waals surface area contributed by atoms with Crippen LogP contribution < -0.4 is 0 Å². The minimum Gasteiger partial charge on any atom is -0.271 e. The predicted octanol–water partition coefficient (Wildman–Crippen LogP) is 3.60. The molecule has 0 N–H and O–H groups in total. The molecule has 0 atom stereocenters. The molecule has 0 aliphatic rings. The average Bonchev–Trinajstić information content (AvgIpc) is 2.59. The fraction of sp³-hybridized carbons (Fsp3) is 0.364. The third kappa shape index (κ3) is 1.82. The Labute approximate surface area is 92.0 Å². The van der Waals surface area contributed by atoms with Crippen LogP contribution in [0, 0.1) is 0 Å². The summed E-state index contributed by atoms with van der Waals surface area (Å²) in [5, 5.41) is 5.72. The van der Waals surface area contributed by atoms with E-state index in [1.807, 2.05) is 16.8 Å². The Kier molecular flexibility index (Phi) is 2.87. The number of hydrogen-bond donors (Lipinski definition) is 0. The molecular weight excluding hydrogens is 240 g/mol. The Morgan fingerprint density at radius 1 is 1.43 bits per heavy atom. The van der Waals surface area contributed by atoms with Crippen molar-refractivity contribution in [1.82, 2.24) is 9.78 Å². The lowest BCUT2D eigenvalue weighted by atomic mass is 10.3. The van der Waals surface area contributed by atoms with Crippen LogP contribution in [0.2, 0.25) is 0 Å². The molecule has 0 spiro atoms. The van der Waals surface area contributed by atoms with E-state index in [0.717, 1.165) is 16.5 Å². The average molecular weight is 253 g/mol. The van der Waals surface area contributed by atoms with Crippen LogP contribution in [-0.2, 0) is 6.54 Å². The summed E-state index contributed by atoms with van der Waals surface area (Å²) < 4.78 is 3.10. The molecule has 2 aromatic rings. The summed E-state index contributed by atoms with van der Waals surface area (Å²) in [4.78, 5) is 0. The number of unbranched alkanes of at least 4 members (excludes halogenated alkanes) is 1. The molecule has 3 heteroatoms. The smallest absolute Gasteiger partial charge is 0.106 e. The maximum atomic E-state index is 4.52. The van der Waals surface area contributed by atoms with Crippen LogP contribution in [0.1, 0.15) is 19.8 Å². The Morgan fingerprint density at radius 3 is 3.00 bits per heavy atom. The zero-order valence-electron chi connectivity index (χ0n) is 8.20. The van der Waals surface area contributed by atoms with E-state index in [2.05, 4.69) is 40.2 Å². The number of aryl methyl sites for hydroxylation is 1. The number of rotatable bonds is 3. The highest BCUT2D eigenvalue weighted by Crippen LogP contribution is 2.21. The van der Waals surface area contributed by atoms with Crippen molar-refractivity contribution >= 4 is 26.8 Å². The summed E-state index contributed by atoms with van der Waals surface area (Å²) >= 11 is 3.50. The second kappa shape index (κ2) is 4.13. The fourth-order valence-electron chi connectivity index (χ4n) is 1.49. The number of benzene rings is 1. The maximum Gasteiger partial charge on any atom is 0.106 e. The molecule has 0 radical (unpaired) electrons. The van der Waals surface area contributed by atoms with Gasteiger partial charge in [-0.15, -0.1) is 0 Å². The fourth-order valence-corrected chi connectivity index (χ4v) is 1.96. The molecule has 74 valence electrons. The van der Waals surface area contributed by atoms with Crippen molar-refractivity contribution in [3.63, 3.8) is 0 Å². The molecule has 2 nitrogen and oxygen atoms in total. The third-order valence-corrected chi connectivity index (χ3v) is 2.92. The van der Waals surface area contributed by atoms with Gasteiger partial charge in [0.2, 0.25) is 0 Å². The first-order valence-corrected chi connectivity index (χ1v) is 5.72. The lowest BCUT2D eigenvalue weighted by molar-refractivity contribution is 0.576. The summed E-state index contributed by atoms with van der Waals surface area (Å²) in [5.41, 5.74) is 1.06. The molecule has 0 amide bonds. The first kappa shape index (κ1) is 9.71. The Morgan fingerprint density at radius 2 is 2.29 bits per heavy atom. The van der Waals surface area contributed by atoms with Crippen LogP contribution in [0.25, 0.3) is 10.9 Å². The standard InChI is InChI=1S/C11H13BrN2/c1-2-3-7-14-8-9-5-4-6-10(12)11(9)13-14/h4-6,8H,2-3,7H2,1H3. The Hall–Kier alpha value is -0.830. The van der Waals surface area contributed by atoms with Crippen molar-refractivity contribution in [3.05, 3.63) is 28.9 Å². The van der Waals surface area contributed by atoms with E-state index in [1.165, 1.54) is 18.2 Å². The van der Waals surface area contributed by atoms with Gasteiger partial charge in [0, 0.05) is 22.6 Å². The van der Waals surface area contributed by atoms with Crippen molar-refractivity contribution in [3.8, 4) is 0 Å². The van der Waals surface area contributed by atoms with Crippen LogP contribution in [0.4, 0.5) is 0 Å². The number of fused-ring (bicyclic) bond motifs is 1. The normalized spacial score (nSPS) is 11.0. The monoisotopic (exact) mass is 252 g/mol. The van der Waals surface area contributed by atoms with Crippen LogP contribution in [0.15, 0.2) is 28.9 Å². The summed E-state index contributed by atoms with van der Waals surface area (Å²) in [7, 11) is 0. The SMILES string of the molecule is CCCCn1cc2cccc(Br)c2n1. The van der Waals surface area contributed by atoms with E-state index in [1.54, 1.807) is 0 Å². The minimum atomic E-state index is 1.01. The van der Waals surface area contributed by atoms with Gasteiger partial charge in [-0.3, -0.25) is 4.68 Å². The van der Waals surface area contributed by atoms with Crippen molar-refractivity contribution in [1.29, 1.82) is 0 Å². The van der Waals surface area contributed by atoms with E-state index >= 15 is 0 Å². The molecule has 0 saturated carbocycles. The molecule has 0 aliphatic heterocycles. The van der Waals surface area contributed by atoms with Gasteiger partial charge in [0.15, 0.2) is 0 Å². The van der Waals surface area contributed by atoms with Crippen LogP contribution in [0.5, 0.6) is 0 Å². The second-order valence-corrected chi connectivity index (χ2v) is 4.28. The third-order valence-electron chi connectivity index (χ3n) is 2.28. The topological polar surface area (TPSA) is 17.8 Å². The van der Waals surface area contributed by atoms with E-state index in [-0.39, 0.29) is 0 Å². The van der Waals surface area contributed by atoms with E-state index in [0.29, 0.717) is 0 Å². The maximum absolute atomic E-state index is 4.52. The van der Waals surface area contributed by atoms with Gasteiger partial charge in [-0.1, -0.05) is 25.5 Å². The molecule has 0 saturated heterocycles. The van der Waals surface area contributed by atoms with Crippen molar-refractivity contribution in [2.75, 3.05) is 0 Å². The van der Waals surface area contributed by atoms with Gasteiger partial charge in [0.1, 0.15) is 5.52 Å². The molecule has 0 unspecified atom stereocenters. The Bertz CT molecular complexity index is 434. The lowest BCUT2D eigenvalue weighted by Crippen LogP contribution is -1.97. The largest absolute Gasteiger partial charge is 0.271 e. The van der Waals surface area contributed by atoms with Crippen molar-refractivity contribution < 1.29 is 0 Å².